The summed E-state index contributed by atoms with van der Waals surface area (Å²) in [4.78, 5) is 11.7. The Labute approximate surface area is 125 Å². The molecular weight excluding hydrogens is 260 g/mol. The Morgan fingerprint density at radius 1 is 0.905 bits per heavy atom. The van der Waals surface area contributed by atoms with Gasteiger partial charge >= 0.3 is 0 Å². The van der Waals surface area contributed by atoms with Gasteiger partial charge in [-0.2, -0.15) is 0 Å². The number of rotatable bonds is 7. The van der Waals surface area contributed by atoms with Gasteiger partial charge in [0.05, 0.1) is 6.54 Å². The molecule has 0 aliphatic carbocycles. The molecule has 0 aromatic heterocycles. The van der Waals surface area contributed by atoms with Crippen molar-refractivity contribution < 1.29 is 4.79 Å². The normalized spacial score (nSPS) is 10.1. The number of hydrogen-bond donors (Lipinski definition) is 2. The Hall–Kier alpha value is -2.39. The molecule has 0 aliphatic rings. The largest absolute Gasteiger partial charge is 0.351 e. The predicted molar refractivity (Wildman–Crippen MR) is 86.6 cm³/mol. The van der Waals surface area contributed by atoms with Gasteiger partial charge in [-0.15, -0.1) is 0 Å². The van der Waals surface area contributed by atoms with Crippen molar-refractivity contribution in [1.82, 2.24) is 10.6 Å². The van der Waals surface area contributed by atoms with Crippen molar-refractivity contribution in [2.45, 2.75) is 6.54 Å². The van der Waals surface area contributed by atoms with Gasteiger partial charge in [0.15, 0.2) is 0 Å². The maximum Gasteiger partial charge on any atom is 0.234 e. The average Bonchev–Trinajstić information content (AvgIpc) is 2.54. The van der Waals surface area contributed by atoms with E-state index in [1.165, 1.54) is 0 Å². The maximum absolute atomic E-state index is 11.7. The smallest absolute Gasteiger partial charge is 0.234 e. The Kier molecular flexibility index (Phi) is 5.73. The molecule has 21 heavy (non-hydrogen) atoms. The van der Waals surface area contributed by atoms with Crippen LogP contribution >= 0.6 is 0 Å². The van der Waals surface area contributed by atoms with Crippen LogP contribution in [0.25, 0.3) is 5.57 Å². The molecule has 2 aromatic rings. The highest BCUT2D eigenvalue weighted by atomic mass is 16.1. The van der Waals surface area contributed by atoms with Crippen LogP contribution in [-0.4, -0.2) is 19.0 Å². The maximum atomic E-state index is 11.7. The molecule has 0 aliphatic heterocycles. The second-order valence-corrected chi connectivity index (χ2v) is 4.84. The third kappa shape index (κ3) is 5.24. The van der Waals surface area contributed by atoms with Crippen molar-refractivity contribution in [2.24, 2.45) is 0 Å². The molecule has 0 saturated carbocycles. The molecule has 0 heterocycles. The van der Waals surface area contributed by atoms with E-state index >= 15 is 0 Å². The summed E-state index contributed by atoms with van der Waals surface area (Å²) in [5.41, 5.74) is 3.17. The summed E-state index contributed by atoms with van der Waals surface area (Å²) in [6, 6.07) is 19.8. The Morgan fingerprint density at radius 2 is 1.52 bits per heavy atom. The highest BCUT2D eigenvalue weighted by molar-refractivity contribution is 5.78. The van der Waals surface area contributed by atoms with Crippen molar-refractivity contribution in [2.75, 3.05) is 13.1 Å². The van der Waals surface area contributed by atoms with Gasteiger partial charge in [0, 0.05) is 13.1 Å². The lowest BCUT2D eigenvalue weighted by Crippen LogP contribution is -2.34. The highest BCUT2D eigenvalue weighted by Crippen LogP contribution is 2.09. The molecule has 0 fully saturated rings. The van der Waals surface area contributed by atoms with Crippen molar-refractivity contribution in [3.8, 4) is 0 Å². The first-order valence-electron chi connectivity index (χ1n) is 7.00. The van der Waals surface area contributed by atoms with E-state index in [0.717, 1.165) is 16.7 Å². The summed E-state index contributed by atoms with van der Waals surface area (Å²) >= 11 is 0. The molecule has 0 radical (unpaired) electrons. The summed E-state index contributed by atoms with van der Waals surface area (Å²) in [7, 11) is 0. The van der Waals surface area contributed by atoms with Gasteiger partial charge in [0.2, 0.25) is 5.91 Å². The van der Waals surface area contributed by atoms with Crippen LogP contribution in [0.1, 0.15) is 11.1 Å². The number of amides is 1. The predicted octanol–water partition coefficient (Wildman–Crippen LogP) is 2.61. The molecule has 2 aromatic carbocycles. The van der Waals surface area contributed by atoms with Gasteiger partial charge in [-0.25, -0.2) is 0 Å². The van der Waals surface area contributed by atoms with Crippen molar-refractivity contribution in [3.63, 3.8) is 0 Å². The van der Waals surface area contributed by atoms with E-state index in [9.17, 15) is 4.79 Å². The molecule has 0 spiro atoms. The second kappa shape index (κ2) is 8.02. The van der Waals surface area contributed by atoms with Crippen molar-refractivity contribution >= 4 is 11.5 Å². The fourth-order valence-electron chi connectivity index (χ4n) is 1.96. The summed E-state index contributed by atoms with van der Waals surface area (Å²) in [5.74, 6) is -0.0142. The van der Waals surface area contributed by atoms with E-state index in [-0.39, 0.29) is 5.91 Å². The molecule has 1 amide bonds. The molecule has 3 nitrogen and oxygen atoms in total. The van der Waals surface area contributed by atoms with E-state index in [1.54, 1.807) is 0 Å². The van der Waals surface area contributed by atoms with Crippen molar-refractivity contribution in [1.29, 1.82) is 0 Å². The first kappa shape index (κ1) is 15.0. The zero-order chi connectivity index (χ0) is 14.9. The van der Waals surface area contributed by atoms with Crippen LogP contribution in [0.15, 0.2) is 67.2 Å². The van der Waals surface area contributed by atoms with Gasteiger partial charge in [0.25, 0.3) is 0 Å². The van der Waals surface area contributed by atoms with Crippen LogP contribution in [0.5, 0.6) is 0 Å². The molecule has 3 heteroatoms. The Bertz CT molecular complexity index is 579. The van der Waals surface area contributed by atoms with Crippen LogP contribution in [0.3, 0.4) is 0 Å². The minimum Gasteiger partial charge on any atom is -0.351 e. The van der Waals surface area contributed by atoms with Crippen LogP contribution in [0, 0.1) is 0 Å². The van der Waals surface area contributed by atoms with Crippen LogP contribution in [0.2, 0.25) is 0 Å². The molecule has 108 valence electrons. The third-order valence-electron chi connectivity index (χ3n) is 3.14. The Balaban J connectivity index is 1.66. The second-order valence-electron chi connectivity index (χ2n) is 4.84. The lowest BCUT2D eigenvalue weighted by Gasteiger charge is -2.09. The number of benzene rings is 2. The number of carbonyl (C=O) groups is 1. The topological polar surface area (TPSA) is 41.1 Å². The summed E-state index contributed by atoms with van der Waals surface area (Å²) in [6.07, 6.45) is 0. The van der Waals surface area contributed by atoms with Crippen LogP contribution in [-0.2, 0) is 11.3 Å². The minimum atomic E-state index is -0.0142. The average molecular weight is 280 g/mol. The summed E-state index contributed by atoms with van der Waals surface area (Å²) in [6.45, 7) is 5.47. The third-order valence-corrected chi connectivity index (χ3v) is 3.14. The van der Waals surface area contributed by atoms with Gasteiger partial charge in [-0.1, -0.05) is 67.2 Å². The number of carbonyl (C=O) groups excluding carboxylic acids is 1. The van der Waals surface area contributed by atoms with Crippen molar-refractivity contribution in [3.05, 3.63) is 78.4 Å². The van der Waals surface area contributed by atoms with Crippen LogP contribution in [0.4, 0.5) is 0 Å². The fourth-order valence-corrected chi connectivity index (χ4v) is 1.96. The van der Waals surface area contributed by atoms with Crippen LogP contribution < -0.4 is 10.6 Å². The molecule has 0 unspecified atom stereocenters. The first-order chi connectivity index (χ1) is 10.3. The van der Waals surface area contributed by atoms with E-state index in [1.807, 2.05) is 60.7 Å². The summed E-state index contributed by atoms with van der Waals surface area (Å²) < 4.78 is 0. The van der Waals surface area contributed by atoms with Gasteiger partial charge in [-0.3, -0.25) is 4.79 Å². The van der Waals surface area contributed by atoms with Gasteiger partial charge in [0.1, 0.15) is 0 Å². The monoisotopic (exact) mass is 280 g/mol. The fraction of sp³-hybridized carbons (Fsp3) is 0.167. The standard InChI is InChI=1S/C18H20N2O/c1-15(17-10-6-3-7-11-17)12-19-14-18(21)20-13-16-8-4-2-5-9-16/h2-11,19H,1,12-14H2,(H,20,21). The molecule has 0 saturated heterocycles. The molecule has 2 rings (SSSR count). The number of hydrogen-bond acceptors (Lipinski definition) is 2. The molecule has 0 atom stereocenters. The van der Waals surface area contributed by atoms with E-state index in [2.05, 4.69) is 17.2 Å². The zero-order valence-electron chi connectivity index (χ0n) is 12.0. The molecular formula is C18H20N2O. The zero-order valence-corrected chi connectivity index (χ0v) is 12.0. The molecule has 2 N–H and O–H groups in total. The lowest BCUT2D eigenvalue weighted by molar-refractivity contribution is -0.120. The SMILES string of the molecule is C=C(CNCC(=O)NCc1ccccc1)c1ccccc1. The van der Waals surface area contributed by atoms with E-state index < -0.39 is 0 Å². The molecule has 0 bridgehead atoms. The first-order valence-corrected chi connectivity index (χ1v) is 7.00. The van der Waals surface area contributed by atoms with Gasteiger partial charge < -0.3 is 10.6 Å². The van der Waals surface area contributed by atoms with E-state index in [4.69, 9.17) is 0 Å². The minimum absolute atomic E-state index is 0.0142. The number of nitrogens with one attached hydrogen (secondary N) is 2. The highest BCUT2D eigenvalue weighted by Gasteiger charge is 2.02. The lowest BCUT2D eigenvalue weighted by atomic mass is 10.1. The quantitative estimate of drug-likeness (QED) is 0.818. The van der Waals surface area contributed by atoms with E-state index in [0.29, 0.717) is 19.6 Å². The summed E-state index contributed by atoms with van der Waals surface area (Å²) in [5, 5.41) is 5.99. The Morgan fingerprint density at radius 3 is 2.19 bits per heavy atom. The van der Waals surface area contributed by atoms with Gasteiger partial charge in [-0.05, 0) is 16.7 Å².